The van der Waals surface area contributed by atoms with Gasteiger partial charge in [-0.3, -0.25) is 0 Å². The number of hydrogen-bond acceptors (Lipinski definition) is 6. The van der Waals surface area contributed by atoms with E-state index in [4.69, 9.17) is 20.4 Å². The van der Waals surface area contributed by atoms with Crippen LogP contribution >= 0.6 is 21.6 Å². The molecule has 13 heavy (non-hydrogen) atoms. The molecule has 0 radical (unpaired) electrons. The molecule has 0 saturated heterocycles. The molecule has 2 unspecified atom stereocenters. The second-order valence-corrected chi connectivity index (χ2v) is 4.01. The fourth-order valence-electron chi connectivity index (χ4n) is 0.188. The molecule has 0 fully saturated rings. The fraction of sp³-hybridized carbons (Fsp3) is 0.500. The van der Waals surface area contributed by atoms with Gasteiger partial charge in [0, 0.05) is 0 Å². The molecule has 0 aliphatic carbocycles. The number of rotatable bonds is 5. The van der Waals surface area contributed by atoms with Crippen molar-refractivity contribution in [3.8, 4) is 0 Å². The molecular weight excluding hydrogens is 247 g/mol. The minimum absolute atomic E-state index is 0. The van der Waals surface area contributed by atoms with E-state index in [1.165, 1.54) is 0 Å². The number of carbonyl (C=O) groups is 2. The van der Waals surface area contributed by atoms with E-state index >= 15 is 0 Å². The molecule has 0 aromatic heterocycles. The first-order valence-electron chi connectivity index (χ1n) is 2.59. The van der Waals surface area contributed by atoms with E-state index in [-0.39, 0.29) is 51.4 Å². The van der Waals surface area contributed by atoms with Gasteiger partial charge in [-0.15, -0.1) is 0 Å². The van der Waals surface area contributed by atoms with E-state index in [2.05, 4.69) is 0 Å². The van der Waals surface area contributed by atoms with Crippen LogP contribution in [0.1, 0.15) is 0 Å². The number of aliphatic hydroxyl groups excluding tert-OH is 2. The molecule has 0 aromatic carbocycles. The summed E-state index contributed by atoms with van der Waals surface area (Å²) in [4.78, 5) is 19.9. The Hall–Kier alpha value is 1.20. The van der Waals surface area contributed by atoms with Gasteiger partial charge < -0.3 is 20.4 Å². The van der Waals surface area contributed by atoms with Gasteiger partial charge in [0.15, 0.2) is 0 Å². The van der Waals surface area contributed by atoms with Gasteiger partial charge in [0.2, 0.25) is 10.9 Å². The molecular formula is C4H7KO6S2. The third-order valence-corrected chi connectivity index (χ3v) is 2.97. The SMILES string of the molecule is O=C(O)C(O)SSC(O)C(=O)O.[KH]. The number of carboxylic acid groups (broad SMARTS) is 2. The summed E-state index contributed by atoms with van der Waals surface area (Å²) < 4.78 is 0. The van der Waals surface area contributed by atoms with Crippen molar-refractivity contribution in [2.75, 3.05) is 0 Å². The first kappa shape index (κ1) is 16.6. The second kappa shape index (κ2) is 8.50. The molecule has 0 spiro atoms. The number of hydrogen-bond donors (Lipinski definition) is 4. The van der Waals surface area contributed by atoms with Gasteiger partial charge in [0.1, 0.15) is 0 Å². The van der Waals surface area contributed by atoms with E-state index in [0.29, 0.717) is 21.6 Å². The summed E-state index contributed by atoms with van der Waals surface area (Å²) in [6.45, 7) is 0. The zero-order valence-electron chi connectivity index (χ0n) is 5.58. The predicted molar refractivity (Wildman–Crippen MR) is 49.6 cm³/mol. The summed E-state index contributed by atoms with van der Waals surface area (Å²) in [5.41, 5.74) is -3.46. The quantitative estimate of drug-likeness (QED) is 0.267. The molecule has 9 heteroatoms. The molecule has 0 aliphatic heterocycles. The van der Waals surface area contributed by atoms with E-state index in [9.17, 15) is 9.59 Å². The molecule has 72 valence electrons. The maximum atomic E-state index is 9.97. The van der Waals surface area contributed by atoms with Crippen molar-refractivity contribution in [2.45, 2.75) is 10.9 Å². The first-order valence-corrected chi connectivity index (χ1v) is 4.86. The Morgan fingerprint density at radius 3 is 1.31 bits per heavy atom. The summed E-state index contributed by atoms with van der Waals surface area (Å²) in [5.74, 6) is -2.96. The standard InChI is InChI=1S/C4H6O6S2.K.H/c5-1(6)3(9)11-12-4(10)2(7)8;;/h3-4,9-10H,(H,5,6)(H,7,8);;. The van der Waals surface area contributed by atoms with Gasteiger partial charge >= 0.3 is 63.3 Å². The maximum absolute atomic E-state index is 9.97. The van der Waals surface area contributed by atoms with Gasteiger partial charge in [-0.2, -0.15) is 0 Å². The Bertz CT molecular complexity index is 167. The second-order valence-electron chi connectivity index (χ2n) is 1.57. The van der Waals surface area contributed by atoms with Crippen LogP contribution in [0.3, 0.4) is 0 Å². The molecule has 0 amide bonds. The Labute approximate surface area is 124 Å². The normalized spacial score (nSPS) is 14.0. The summed E-state index contributed by atoms with van der Waals surface area (Å²) in [6.07, 6.45) is 0. The molecule has 4 N–H and O–H groups in total. The van der Waals surface area contributed by atoms with Crippen LogP contribution in [0.5, 0.6) is 0 Å². The summed E-state index contributed by atoms with van der Waals surface area (Å²) in [7, 11) is 0.726. The molecule has 2 atom stereocenters. The molecule has 0 saturated carbocycles. The fourth-order valence-corrected chi connectivity index (χ4v) is 1.69. The van der Waals surface area contributed by atoms with Crippen molar-refractivity contribution in [3.05, 3.63) is 0 Å². The van der Waals surface area contributed by atoms with Crippen molar-refractivity contribution in [1.29, 1.82) is 0 Å². The minimum atomic E-state index is -1.73. The topological polar surface area (TPSA) is 115 Å². The number of aliphatic hydroxyl groups is 2. The molecule has 0 heterocycles. The third kappa shape index (κ3) is 8.21. The van der Waals surface area contributed by atoms with Gasteiger partial charge in [0.25, 0.3) is 0 Å². The van der Waals surface area contributed by atoms with Crippen molar-refractivity contribution >= 4 is 84.9 Å². The first-order chi connectivity index (χ1) is 5.45. The average molecular weight is 254 g/mol. The zero-order chi connectivity index (χ0) is 9.72. The van der Waals surface area contributed by atoms with Gasteiger partial charge in [0.05, 0.1) is 0 Å². The van der Waals surface area contributed by atoms with E-state index < -0.39 is 22.8 Å². The van der Waals surface area contributed by atoms with Crippen LogP contribution in [0.4, 0.5) is 0 Å². The van der Waals surface area contributed by atoms with Crippen molar-refractivity contribution < 1.29 is 30.0 Å². The molecule has 6 nitrogen and oxygen atoms in total. The molecule has 0 aromatic rings. The van der Waals surface area contributed by atoms with Gasteiger partial charge in [-0.1, -0.05) is 0 Å². The number of carboxylic acids is 2. The monoisotopic (exact) mass is 254 g/mol. The Balaban J connectivity index is 0. The van der Waals surface area contributed by atoms with Crippen molar-refractivity contribution in [1.82, 2.24) is 0 Å². The van der Waals surface area contributed by atoms with Crippen LogP contribution in [0.25, 0.3) is 0 Å². The summed E-state index contributed by atoms with van der Waals surface area (Å²) in [6, 6.07) is 0. The van der Waals surface area contributed by atoms with Crippen molar-refractivity contribution in [3.63, 3.8) is 0 Å². The van der Waals surface area contributed by atoms with Gasteiger partial charge in [-0.05, 0) is 21.6 Å². The summed E-state index contributed by atoms with van der Waals surface area (Å²) >= 11 is 0. The van der Waals surface area contributed by atoms with Crippen LogP contribution in [-0.2, 0) is 9.59 Å². The third-order valence-electron chi connectivity index (χ3n) is 0.660. The molecule has 0 rings (SSSR count). The van der Waals surface area contributed by atoms with Crippen LogP contribution in [-0.4, -0.2) is 94.6 Å². The van der Waals surface area contributed by atoms with Crippen LogP contribution in [0.2, 0.25) is 0 Å². The molecule has 0 bridgehead atoms. The van der Waals surface area contributed by atoms with Crippen molar-refractivity contribution in [2.24, 2.45) is 0 Å². The van der Waals surface area contributed by atoms with Gasteiger partial charge in [-0.25, -0.2) is 9.59 Å². The predicted octanol–water partition coefficient (Wildman–Crippen LogP) is -1.47. The zero-order valence-corrected chi connectivity index (χ0v) is 7.21. The Morgan fingerprint density at radius 1 is 0.923 bits per heavy atom. The van der Waals surface area contributed by atoms with Crippen LogP contribution < -0.4 is 0 Å². The van der Waals surface area contributed by atoms with Crippen LogP contribution in [0, 0.1) is 0 Å². The number of aliphatic carboxylic acids is 2. The van der Waals surface area contributed by atoms with E-state index in [1.54, 1.807) is 0 Å². The molecule has 0 aliphatic rings. The van der Waals surface area contributed by atoms with E-state index in [1.807, 2.05) is 0 Å². The summed E-state index contributed by atoms with van der Waals surface area (Å²) in [5, 5.41) is 33.4. The average Bonchev–Trinajstić information content (AvgIpc) is 1.98. The Kier molecular flexibility index (Phi) is 10.9. The van der Waals surface area contributed by atoms with Crippen LogP contribution in [0.15, 0.2) is 0 Å². The van der Waals surface area contributed by atoms with E-state index in [0.717, 1.165) is 0 Å². The Morgan fingerprint density at radius 2 is 1.15 bits per heavy atom.